The molecule has 0 radical (unpaired) electrons. The largest absolute Gasteiger partial charge is 0.348 e. The van der Waals surface area contributed by atoms with E-state index in [9.17, 15) is 14.0 Å². The predicted molar refractivity (Wildman–Crippen MR) is 106 cm³/mol. The molecule has 0 bridgehead atoms. The molecule has 2 aromatic carbocycles. The minimum absolute atomic E-state index is 0. The quantitative estimate of drug-likeness (QED) is 0.707. The van der Waals surface area contributed by atoms with Crippen molar-refractivity contribution in [1.82, 2.24) is 10.6 Å². The van der Waals surface area contributed by atoms with Crippen molar-refractivity contribution in [3.63, 3.8) is 0 Å². The molecule has 0 aliphatic carbocycles. The Labute approximate surface area is 164 Å². The molecule has 0 spiro atoms. The van der Waals surface area contributed by atoms with Crippen LogP contribution < -0.4 is 16.0 Å². The minimum Gasteiger partial charge on any atom is -0.348 e. The van der Waals surface area contributed by atoms with Crippen LogP contribution in [0.3, 0.4) is 0 Å². The highest BCUT2D eigenvalue weighted by atomic mass is 35.5. The van der Waals surface area contributed by atoms with Gasteiger partial charge in [-0.15, -0.1) is 12.4 Å². The van der Waals surface area contributed by atoms with E-state index >= 15 is 0 Å². The van der Waals surface area contributed by atoms with Gasteiger partial charge in [0.2, 0.25) is 5.91 Å². The van der Waals surface area contributed by atoms with Gasteiger partial charge >= 0.3 is 0 Å². The Balaban J connectivity index is 0.00000261. The van der Waals surface area contributed by atoms with Gasteiger partial charge in [-0.25, -0.2) is 4.39 Å². The number of carbonyl (C=O) groups excluding carboxylic acids is 2. The summed E-state index contributed by atoms with van der Waals surface area (Å²) in [6, 6.07) is 13.0. The van der Waals surface area contributed by atoms with E-state index in [1.807, 2.05) is 0 Å². The Hall–Kier alpha value is -2.44. The van der Waals surface area contributed by atoms with E-state index in [0.29, 0.717) is 24.2 Å². The summed E-state index contributed by atoms with van der Waals surface area (Å²) < 4.78 is 12.9. The predicted octanol–water partition coefficient (Wildman–Crippen LogP) is 3.26. The highest BCUT2D eigenvalue weighted by Crippen LogP contribution is 2.13. The van der Waals surface area contributed by atoms with Gasteiger partial charge in [0.25, 0.3) is 5.91 Å². The third-order valence-electron chi connectivity index (χ3n) is 4.39. The molecular weight excluding hydrogens is 369 g/mol. The van der Waals surface area contributed by atoms with Crippen molar-refractivity contribution in [3.8, 4) is 0 Å². The fourth-order valence-electron chi connectivity index (χ4n) is 2.96. The maximum atomic E-state index is 12.9. The van der Waals surface area contributed by atoms with Crippen molar-refractivity contribution in [1.29, 1.82) is 0 Å². The zero-order chi connectivity index (χ0) is 18.4. The van der Waals surface area contributed by atoms with E-state index in [4.69, 9.17) is 0 Å². The Bertz CT molecular complexity index is 760. The number of amides is 2. The lowest BCUT2D eigenvalue weighted by Crippen LogP contribution is -2.27. The number of anilines is 1. The van der Waals surface area contributed by atoms with Crippen molar-refractivity contribution in [3.05, 3.63) is 65.5 Å². The molecule has 0 aromatic heterocycles. The van der Waals surface area contributed by atoms with Crippen LogP contribution in [0.5, 0.6) is 0 Å². The van der Waals surface area contributed by atoms with E-state index in [-0.39, 0.29) is 36.1 Å². The van der Waals surface area contributed by atoms with Crippen molar-refractivity contribution in [2.75, 3.05) is 11.9 Å². The van der Waals surface area contributed by atoms with Crippen LogP contribution in [-0.2, 0) is 11.3 Å². The molecule has 3 rings (SSSR count). The van der Waals surface area contributed by atoms with Crippen LogP contribution in [0, 0.1) is 5.82 Å². The molecular formula is C20H23ClFN3O2. The summed E-state index contributed by atoms with van der Waals surface area (Å²) in [5.41, 5.74) is 2.00. The van der Waals surface area contributed by atoms with Gasteiger partial charge in [0, 0.05) is 30.3 Å². The summed E-state index contributed by atoms with van der Waals surface area (Å²) in [5, 5.41) is 8.93. The van der Waals surface area contributed by atoms with Crippen molar-refractivity contribution in [2.45, 2.75) is 31.8 Å². The van der Waals surface area contributed by atoms with Gasteiger partial charge in [-0.2, -0.15) is 0 Å². The van der Waals surface area contributed by atoms with Gasteiger partial charge < -0.3 is 16.0 Å². The van der Waals surface area contributed by atoms with Crippen LogP contribution in [0.2, 0.25) is 0 Å². The molecule has 1 aliphatic heterocycles. The molecule has 1 saturated heterocycles. The molecule has 144 valence electrons. The maximum absolute atomic E-state index is 12.9. The molecule has 1 fully saturated rings. The van der Waals surface area contributed by atoms with Crippen molar-refractivity contribution in [2.24, 2.45) is 0 Å². The molecule has 1 heterocycles. The van der Waals surface area contributed by atoms with Gasteiger partial charge in [0.05, 0.1) is 0 Å². The smallest absolute Gasteiger partial charge is 0.251 e. The summed E-state index contributed by atoms with van der Waals surface area (Å²) in [5.74, 6) is -0.554. The average Bonchev–Trinajstić information content (AvgIpc) is 3.14. The second-order valence-corrected chi connectivity index (χ2v) is 6.43. The minimum atomic E-state index is -0.304. The number of nitrogens with one attached hydrogen (secondary N) is 3. The lowest BCUT2D eigenvalue weighted by molar-refractivity contribution is -0.116. The van der Waals surface area contributed by atoms with Gasteiger partial charge in [-0.3, -0.25) is 9.59 Å². The Kier molecular flexibility index (Phi) is 7.76. The zero-order valence-corrected chi connectivity index (χ0v) is 15.7. The molecule has 5 nitrogen and oxygen atoms in total. The van der Waals surface area contributed by atoms with Crippen LogP contribution >= 0.6 is 12.4 Å². The van der Waals surface area contributed by atoms with E-state index in [2.05, 4.69) is 16.0 Å². The van der Waals surface area contributed by atoms with Crippen LogP contribution in [0.15, 0.2) is 48.5 Å². The molecule has 0 saturated carbocycles. The fraction of sp³-hybridized carbons (Fsp3) is 0.300. The first kappa shape index (κ1) is 20.9. The molecule has 1 aliphatic rings. The Morgan fingerprint density at radius 2 is 1.78 bits per heavy atom. The molecule has 27 heavy (non-hydrogen) atoms. The normalized spacial score (nSPS) is 15.7. The van der Waals surface area contributed by atoms with E-state index in [1.54, 1.807) is 36.4 Å². The summed E-state index contributed by atoms with van der Waals surface area (Å²) in [6.07, 6.45) is 2.60. The fourth-order valence-corrected chi connectivity index (χ4v) is 2.96. The highest BCUT2D eigenvalue weighted by molar-refractivity contribution is 5.95. The molecule has 1 unspecified atom stereocenters. The first-order valence-corrected chi connectivity index (χ1v) is 8.76. The number of benzene rings is 2. The first-order chi connectivity index (χ1) is 12.6. The molecule has 3 N–H and O–H groups in total. The van der Waals surface area contributed by atoms with Gasteiger partial charge in [-0.1, -0.05) is 12.1 Å². The lowest BCUT2D eigenvalue weighted by Gasteiger charge is -2.11. The van der Waals surface area contributed by atoms with Gasteiger partial charge in [0.1, 0.15) is 5.82 Å². The Morgan fingerprint density at radius 3 is 2.41 bits per heavy atom. The van der Waals surface area contributed by atoms with E-state index in [1.165, 1.54) is 12.1 Å². The van der Waals surface area contributed by atoms with Crippen molar-refractivity contribution >= 4 is 29.9 Å². The number of halogens is 2. The monoisotopic (exact) mass is 391 g/mol. The molecule has 2 amide bonds. The van der Waals surface area contributed by atoms with Crippen LogP contribution in [0.1, 0.15) is 35.2 Å². The number of hydrogen-bond donors (Lipinski definition) is 3. The maximum Gasteiger partial charge on any atom is 0.251 e. The summed E-state index contributed by atoms with van der Waals surface area (Å²) >= 11 is 0. The van der Waals surface area contributed by atoms with Crippen LogP contribution in [0.25, 0.3) is 0 Å². The molecule has 7 heteroatoms. The second kappa shape index (κ2) is 10.0. The third-order valence-corrected chi connectivity index (χ3v) is 4.39. The van der Waals surface area contributed by atoms with Crippen molar-refractivity contribution < 1.29 is 14.0 Å². The lowest BCUT2D eigenvalue weighted by atomic mass is 10.1. The average molecular weight is 392 g/mol. The standard InChI is InChI=1S/C20H22FN3O2.ClH/c21-16-7-3-14(4-8-16)13-23-20(26)15-5-9-17(10-6-15)24-19(25)12-18-2-1-11-22-18;/h3-10,18,22H,1-2,11-13H2,(H,23,26)(H,24,25);1H. The highest BCUT2D eigenvalue weighted by Gasteiger charge is 2.17. The topological polar surface area (TPSA) is 70.2 Å². The van der Waals surface area contributed by atoms with E-state index in [0.717, 1.165) is 24.9 Å². The van der Waals surface area contributed by atoms with Crippen LogP contribution in [0.4, 0.5) is 10.1 Å². The number of carbonyl (C=O) groups is 2. The number of rotatable bonds is 6. The second-order valence-electron chi connectivity index (χ2n) is 6.43. The SMILES string of the molecule is Cl.O=C(CC1CCCN1)Nc1ccc(C(=O)NCc2ccc(F)cc2)cc1. The Morgan fingerprint density at radius 1 is 1.07 bits per heavy atom. The summed E-state index contributed by atoms with van der Waals surface area (Å²) in [4.78, 5) is 24.2. The summed E-state index contributed by atoms with van der Waals surface area (Å²) in [6.45, 7) is 1.30. The first-order valence-electron chi connectivity index (χ1n) is 8.76. The molecule has 1 atom stereocenters. The number of hydrogen-bond acceptors (Lipinski definition) is 3. The van der Waals surface area contributed by atoms with Crippen LogP contribution in [-0.4, -0.2) is 24.4 Å². The third kappa shape index (κ3) is 6.34. The van der Waals surface area contributed by atoms with Gasteiger partial charge in [0.15, 0.2) is 0 Å². The van der Waals surface area contributed by atoms with Gasteiger partial charge in [-0.05, 0) is 61.3 Å². The molecule has 2 aromatic rings. The van der Waals surface area contributed by atoms with E-state index < -0.39 is 0 Å². The summed E-state index contributed by atoms with van der Waals surface area (Å²) in [7, 11) is 0. The zero-order valence-electron chi connectivity index (χ0n) is 14.8.